The van der Waals surface area contributed by atoms with E-state index in [-0.39, 0.29) is 29.0 Å². The minimum Gasteiger partial charge on any atom is -0.403 e. The van der Waals surface area contributed by atoms with Gasteiger partial charge in [-0.05, 0) is 52.9 Å². The largest absolute Gasteiger partial charge is 0.464 e. The molecule has 2 aliphatic heterocycles. The van der Waals surface area contributed by atoms with E-state index in [4.69, 9.17) is 14.0 Å². The Labute approximate surface area is 158 Å². The molecule has 1 amide bonds. The Kier molecular flexibility index (Phi) is 4.30. The zero-order valence-corrected chi connectivity index (χ0v) is 17.1. The monoisotopic (exact) mass is 363 g/mol. The van der Waals surface area contributed by atoms with Crippen molar-refractivity contribution in [1.82, 2.24) is 4.90 Å². The predicted octanol–water partition coefficient (Wildman–Crippen LogP) is 3.28. The Balaban J connectivity index is 1.52. The van der Waals surface area contributed by atoms with Gasteiger partial charge >= 0.3 is 7.12 Å². The Morgan fingerprint density at radius 2 is 1.65 bits per heavy atom. The van der Waals surface area contributed by atoms with Crippen LogP contribution in [-0.2, 0) is 18.8 Å². The minimum atomic E-state index is -0.302. The van der Waals surface area contributed by atoms with Crippen LogP contribution in [0, 0.1) is 11.3 Å². The summed E-state index contributed by atoms with van der Waals surface area (Å²) < 4.78 is 18.3. The predicted molar refractivity (Wildman–Crippen MR) is 101 cm³/mol. The molecule has 2 saturated heterocycles. The molecule has 3 saturated carbocycles. The van der Waals surface area contributed by atoms with Crippen LogP contribution in [0.4, 0.5) is 0 Å². The topological polar surface area (TPSA) is 48.0 Å². The summed E-state index contributed by atoms with van der Waals surface area (Å²) in [6.07, 6.45) is 5.31. The van der Waals surface area contributed by atoms with Crippen molar-refractivity contribution in [3.05, 3.63) is 0 Å². The quantitative estimate of drug-likeness (QED) is 0.704. The first-order chi connectivity index (χ1) is 12.2. The van der Waals surface area contributed by atoms with Gasteiger partial charge in [0.05, 0.1) is 29.8 Å². The van der Waals surface area contributed by atoms with Gasteiger partial charge in [-0.25, -0.2) is 0 Å². The van der Waals surface area contributed by atoms with Crippen LogP contribution >= 0.6 is 0 Å². The first kappa shape index (κ1) is 18.8. The second kappa shape index (κ2) is 5.95. The van der Waals surface area contributed by atoms with Crippen molar-refractivity contribution in [3.63, 3.8) is 0 Å². The zero-order valence-electron chi connectivity index (χ0n) is 17.1. The van der Waals surface area contributed by atoms with Crippen LogP contribution in [0.2, 0.25) is 5.31 Å². The van der Waals surface area contributed by atoms with Crippen molar-refractivity contribution in [1.29, 1.82) is 0 Å². The van der Waals surface area contributed by atoms with E-state index >= 15 is 0 Å². The highest BCUT2D eigenvalue weighted by Crippen LogP contribution is 2.85. The molecule has 6 heteroatoms. The molecule has 26 heavy (non-hydrogen) atoms. The third kappa shape index (κ3) is 2.37. The summed E-state index contributed by atoms with van der Waals surface area (Å²) >= 11 is 0. The van der Waals surface area contributed by atoms with Crippen LogP contribution < -0.4 is 0 Å². The van der Waals surface area contributed by atoms with Crippen molar-refractivity contribution in [3.8, 4) is 0 Å². The number of carbonyl (C=O) groups is 1. The maximum Gasteiger partial charge on any atom is 0.464 e. The third-order valence-electron chi connectivity index (χ3n) is 7.94. The summed E-state index contributed by atoms with van der Waals surface area (Å²) in [5.74, 6) is 0.764. The smallest absolute Gasteiger partial charge is 0.403 e. The van der Waals surface area contributed by atoms with Gasteiger partial charge in [-0.1, -0.05) is 19.8 Å². The van der Waals surface area contributed by atoms with Crippen molar-refractivity contribution in [2.24, 2.45) is 11.3 Å². The summed E-state index contributed by atoms with van der Waals surface area (Å²) in [5.41, 5.74) is -0.760. The average Bonchev–Trinajstić information content (AvgIpc) is 2.74. The minimum absolute atomic E-state index is 0.0438. The van der Waals surface area contributed by atoms with Crippen molar-refractivity contribution < 1.29 is 18.8 Å². The summed E-state index contributed by atoms with van der Waals surface area (Å²) in [6.45, 7) is 13.5. The van der Waals surface area contributed by atoms with Crippen molar-refractivity contribution in [2.45, 2.75) is 83.2 Å². The highest BCUT2D eigenvalue weighted by Gasteiger charge is 2.84. The third-order valence-corrected chi connectivity index (χ3v) is 7.94. The Bertz CT molecular complexity index is 562. The summed E-state index contributed by atoms with van der Waals surface area (Å²) in [7, 11) is -0.172. The fraction of sp³-hybridized carbons (Fsp3) is 0.950. The number of morpholine rings is 1. The highest BCUT2D eigenvalue weighted by molar-refractivity contribution is 6.51. The van der Waals surface area contributed by atoms with Crippen LogP contribution in [0.15, 0.2) is 0 Å². The Morgan fingerprint density at radius 3 is 2.19 bits per heavy atom. The molecule has 0 N–H and O–H groups in total. The number of ether oxygens (including phenoxy) is 1. The van der Waals surface area contributed by atoms with Crippen molar-refractivity contribution >= 4 is 13.0 Å². The van der Waals surface area contributed by atoms with E-state index < -0.39 is 0 Å². The molecule has 0 aromatic heterocycles. The van der Waals surface area contributed by atoms with E-state index in [2.05, 4.69) is 34.6 Å². The molecule has 146 valence electrons. The van der Waals surface area contributed by atoms with Gasteiger partial charge < -0.3 is 18.9 Å². The molecule has 3 aliphatic carbocycles. The molecule has 5 rings (SSSR count). The van der Waals surface area contributed by atoms with E-state index in [1.165, 1.54) is 6.42 Å². The Morgan fingerprint density at radius 1 is 1.08 bits per heavy atom. The fourth-order valence-corrected chi connectivity index (χ4v) is 5.67. The molecule has 1 atom stereocenters. The molecule has 0 spiro atoms. The van der Waals surface area contributed by atoms with Gasteiger partial charge in [0.15, 0.2) is 0 Å². The lowest BCUT2D eigenvalue weighted by atomic mass is 9.18. The molecular weight excluding hydrogens is 329 g/mol. The van der Waals surface area contributed by atoms with E-state index in [1.807, 2.05) is 4.90 Å². The lowest BCUT2D eigenvalue weighted by Gasteiger charge is -2.76. The highest BCUT2D eigenvalue weighted by atomic mass is 16.7. The van der Waals surface area contributed by atoms with Crippen LogP contribution in [0.5, 0.6) is 0 Å². The van der Waals surface area contributed by atoms with Gasteiger partial charge in [-0.15, -0.1) is 0 Å². The molecule has 2 bridgehead atoms. The van der Waals surface area contributed by atoms with Gasteiger partial charge in [0.2, 0.25) is 5.91 Å². The van der Waals surface area contributed by atoms with Gasteiger partial charge in [0.25, 0.3) is 0 Å². The summed E-state index contributed by atoms with van der Waals surface area (Å²) in [6, 6.07) is 0. The van der Waals surface area contributed by atoms with Crippen LogP contribution in [0.1, 0.15) is 66.7 Å². The maximum absolute atomic E-state index is 13.3. The van der Waals surface area contributed by atoms with E-state index in [9.17, 15) is 4.79 Å². The molecular formula is C20H34BNO4. The standard InChI is InChI=1S/C20H34BNO4/c1-6-7-8-15-19(16(23)22-9-11-24-12-10-22)13-20(15,14-19)21-25-17(2,3)18(4,5)26-21/h15H,6-14H2,1-5H3/t15-,19?,20?/m0/s1. The lowest BCUT2D eigenvalue weighted by Crippen LogP contribution is -2.76. The zero-order chi connectivity index (χ0) is 18.8. The van der Waals surface area contributed by atoms with Crippen LogP contribution in [0.25, 0.3) is 0 Å². The lowest BCUT2D eigenvalue weighted by molar-refractivity contribution is -0.213. The second-order valence-corrected chi connectivity index (χ2v) is 9.93. The summed E-state index contributed by atoms with van der Waals surface area (Å²) in [4.78, 5) is 15.4. The summed E-state index contributed by atoms with van der Waals surface area (Å²) in [5, 5.41) is 0.0438. The number of amides is 1. The van der Waals surface area contributed by atoms with Gasteiger partial charge in [-0.3, -0.25) is 4.79 Å². The fourth-order valence-electron chi connectivity index (χ4n) is 5.67. The second-order valence-electron chi connectivity index (χ2n) is 9.93. The van der Waals surface area contributed by atoms with Crippen LogP contribution in [-0.4, -0.2) is 55.4 Å². The van der Waals surface area contributed by atoms with Gasteiger partial charge in [0, 0.05) is 18.4 Å². The van der Waals surface area contributed by atoms with Gasteiger partial charge in [0.1, 0.15) is 0 Å². The van der Waals surface area contributed by atoms with E-state index in [0.29, 0.717) is 25.0 Å². The number of unbranched alkanes of at least 4 members (excludes halogenated alkanes) is 1. The molecule has 0 aromatic rings. The molecule has 5 fully saturated rings. The molecule has 0 aromatic carbocycles. The molecule has 0 radical (unpaired) electrons. The van der Waals surface area contributed by atoms with Crippen molar-refractivity contribution in [2.75, 3.05) is 26.3 Å². The molecule has 2 heterocycles. The number of rotatable bonds is 5. The van der Waals surface area contributed by atoms with E-state index in [0.717, 1.165) is 38.8 Å². The normalized spacial score (nSPS) is 40.1. The van der Waals surface area contributed by atoms with Crippen LogP contribution in [0.3, 0.4) is 0 Å². The van der Waals surface area contributed by atoms with Gasteiger partial charge in [-0.2, -0.15) is 0 Å². The average molecular weight is 363 g/mol. The number of hydrogen-bond donors (Lipinski definition) is 0. The SMILES string of the molecule is CCCC[C@@H]1C2(B3OC(C)(C)C(C)(C)O3)CC1(C(=O)N1CCOCC1)C2. The number of nitrogens with zero attached hydrogens (tertiary/aromatic N) is 1. The molecule has 5 nitrogen and oxygen atoms in total. The molecule has 0 unspecified atom stereocenters. The van der Waals surface area contributed by atoms with E-state index in [1.54, 1.807) is 0 Å². The Hall–Kier alpha value is -0.585. The first-order valence-electron chi connectivity index (χ1n) is 10.4. The number of carbonyl (C=O) groups excluding carboxylic acids is 1. The first-order valence-corrected chi connectivity index (χ1v) is 10.4. The molecule has 5 aliphatic rings. The maximum atomic E-state index is 13.3. The number of hydrogen-bond acceptors (Lipinski definition) is 4.